The second-order valence-electron chi connectivity index (χ2n) is 4.93. The molecule has 0 spiro atoms. The molecule has 2 aromatic heterocycles. The molecule has 0 atom stereocenters. The highest BCUT2D eigenvalue weighted by atomic mass is 79.9. The van der Waals surface area contributed by atoms with Gasteiger partial charge in [0.1, 0.15) is 17.3 Å². The van der Waals surface area contributed by atoms with E-state index in [1.165, 1.54) is 19.3 Å². The number of hydrogen-bond donors (Lipinski definition) is 0. The van der Waals surface area contributed by atoms with E-state index in [0.717, 1.165) is 40.2 Å². The second-order valence-corrected chi connectivity index (χ2v) is 5.78. The number of fused-ring (bicyclic) bond motifs is 1. The van der Waals surface area contributed by atoms with Gasteiger partial charge in [0.05, 0.1) is 5.39 Å². The van der Waals surface area contributed by atoms with Crippen molar-refractivity contribution in [3.63, 3.8) is 0 Å². The van der Waals surface area contributed by atoms with E-state index in [2.05, 4.69) is 41.6 Å². The Labute approximate surface area is 115 Å². The first kappa shape index (κ1) is 12.0. The van der Waals surface area contributed by atoms with Gasteiger partial charge in [0.15, 0.2) is 0 Å². The molecular weight excluding hydrogens is 292 g/mol. The van der Waals surface area contributed by atoms with E-state index in [9.17, 15) is 0 Å². The number of hydrogen-bond acceptors (Lipinski definition) is 3. The van der Waals surface area contributed by atoms with E-state index < -0.39 is 0 Å². The van der Waals surface area contributed by atoms with Gasteiger partial charge in [0.2, 0.25) is 0 Å². The van der Waals surface area contributed by atoms with Crippen molar-refractivity contribution in [1.29, 1.82) is 0 Å². The number of nitrogens with zero attached hydrogens (tertiary/aromatic N) is 4. The van der Waals surface area contributed by atoms with Crippen LogP contribution in [-0.4, -0.2) is 27.6 Å². The molecule has 0 saturated carbocycles. The molecule has 2 aromatic rings. The molecular formula is C13H17BrN4. The van der Waals surface area contributed by atoms with Gasteiger partial charge in [-0.3, -0.25) is 0 Å². The number of piperidine rings is 1. The largest absolute Gasteiger partial charge is 0.356 e. The fourth-order valence-electron chi connectivity index (χ4n) is 2.64. The second kappa shape index (κ2) is 4.53. The van der Waals surface area contributed by atoms with Gasteiger partial charge in [0, 0.05) is 30.8 Å². The number of rotatable bonds is 1. The van der Waals surface area contributed by atoms with E-state index in [0.29, 0.717) is 0 Å². The van der Waals surface area contributed by atoms with Crippen LogP contribution < -0.4 is 4.90 Å². The molecule has 1 aliphatic heterocycles. The van der Waals surface area contributed by atoms with Gasteiger partial charge in [-0.1, -0.05) is 0 Å². The molecule has 1 fully saturated rings. The van der Waals surface area contributed by atoms with Crippen LogP contribution in [0.3, 0.4) is 0 Å². The molecule has 0 amide bonds. The maximum Gasteiger partial charge on any atom is 0.146 e. The molecule has 4 nitrogen and oxygen atoms in total. The lowest BCUT2D eigenvalue weighted by Gasteiger charge is -2.28. The molecule has 1 saturated heterocycles. The Hall–Kier alpha value is -1.10. The Morgan fingerprint density at radius 2 is 1.89 bits per heavy atom. The van der Waals surface area contributed by atoms with E-state index in [1.54, 1.807) is 0 Å². The van der Waals surface area contributed by atoms with Gasteiger partial charge >= 0.3 is 0 Å². The Morgan fingerprint density at radius 1 is 1.17 bits per heavy atom. The lowest BCUT2D eigenvalue weighted by molar-refractivity contribution is 0.574. The molecule has 1 aliphatic rings. The summed E-state index contributed by atoms with van der Waals surface area (Å²) in [4.78, 5) is 11.6. The fraction of sp³-hybridized carbons (Fsp3) is 0.538. The van der Waals surface area contributed by atoms with E-state index >= 15 is 0 Å². The predicted molar refractivity (Wildman–Crippen MR) is 77.0 cm³/mol. The van der Waals surface area contributed by atoms with Crippen molar-refractivity contribution >= 4 is 32.8 Å². The van der Waals surface area contributed by atoms with Crippen molar-refractivity contribution < 1.29 is 0 Å². The van der Waals surface area contributed by atoms with Gasteiger partial charge in [-0.25, -0.2) is 9.97 Å². The Balaban J connectivity index is 2.20. The van der Waals surface area contributed by atoms with Crippen LogP contribution in [0, 0.1) is 6.92 Å². The standard InChI is InChI=1S/C13H17BrN4/c1-9-15-12-11(10(14)8-17(12)2)13(16-9)18-6-4-3-5-7-18/h8H,3-7H2,1-2H3. The first-order chi connectivity index (χ1) is 8.66. The molecule has 0 aliphatic carbocycles. The average Bonchev–Trinajstić information content (AvgIpc) is 2.65. The zero-order valence-corrected chi connectivity index (χ0v) is 12.4. The van der Waals surface area contributed by atoms with Gasteiger partial charge in [-0.15, -0.1) is 0 Å². The number of anilines is 1. The van der Waals surface area contributed by atoms with Crippen LogP contribution in [0.1, 0.15) is 25.1 Å². The maximum atomic E-state index is 4.67. The minimum Gasteiger partial charge on any atom is -0.356 e. The average molecular weight is 309 g/mol. The molecule has 0 aromatic carbocycles. The SMILES string of the molecule is Cc1nc(N2CCCCC2)c2c(Br)cn(C)c2n1. The van der Waals surface area contributed by atoms with Crippen LogP contribution in [0.2, 0.25) is 0 Å². The Bertz CT molecular complexity index is 584. The summed E-state index contributed by atoms with van der Waals surface area (Å²) in [6.45, 7) is 4.17. The maximum absolute atomic E-state index is 4.67. The van der Waals surface area contributed by atoms with Crippen LogP contribution in [0.5, 0.6) is 0 Å². The van der Waals surface area contributed by atoms with Crippen molar-refractivity contribution in [3.05, 3.63) is 16.5 Å². The zero-order chi connectivity index (χ0) is 12.7. The first-order valence-corrected chi connectivity index (χ1v) is 7.20. The van der Waals surface area contributed by atoms with Crippen LogP contribution >= 0.6 is 15.9 Å². The van der Waals surface area contributed by atoms with Crippen LogP contribution in [0.15, 0.2) is 10.7 Å². The smallest absolute Gasteiger partial charge is 0.146 e. The normalized spacial score (nSPS) is 16.5. The number of aromatic nitrogens is 3. The van der Waals surface area contributed by atoms with Crippen molar-refractivity contribution in [1.82, 2.24) is 14.5 Å². The molecule has 96 valence electrons. The van der Waals surface area contributed by atoms with Gasteiger partial charge in [-0.2, -0.15) is 0 Å². The predicted octanol–water partition coefficient (Wildman–Crippen LogP) is 3.03. The summed E-state index contributed by atoms with van der Waals surface area (Å²) in [5, 5.41) is 1.14. The van der Waals surface area contributed by atoms with Gasteiger partial charge in [-0.05, 0) is 42.1 Å². The van der Waals surface area contributed by atoms with Crippen LogP contribution in [0.25, 0.3) is 11.0 Å². The van der Waals surface area contributed by atoms with Crippen molar-refractivity contribution in [2.24, 2.45) is 7.05 Å². The molecule has 18 heavy (non-hydrogen) atoms. The highest BCUT2D eigenvalue weighted by Gasteiger charge is 2.19. The van der Waals surface area contributed by atoms with Crippen LogP contribution in [-0.2, 0) is 7.05 Å². The monoisotopic (exact) mass is 308 g/mol. The number of aryl methyl sites for hydroxylation is 2. The highest BCUT2D eigenvalue weighted by molar-refractivity contribution is 9.10. The Kier molecular flexibility index (Phi) is 3.01. The molecule has 0 bridgehead atoms. The quantitative estimate of drug-likeness (QED) is 0.812. The molecule has 5 heteroatoms. The minimum absolute atomic E-state index is 0.844. The lowest BCUT2D eigenvalue weighted by Crippen LogP contribution is -2.30. The highest BCUT2D eigenvalue weighted by Crippen LogP contribution is 2.33. The molecule has 0 radical (unpaired) electrons. The van der Waals surface area contributed by atoms with E-state index in [4.69, 9.17) is 0 Å². The third-order valence-corrected chi connectivity index (χ3v) is 4.12. The first-order valence-electron chi connectivity index (χ1n) is 6.41. The van der Waals surface area contributed by atoms with Crippen molar-refractivity contribution in [2.75, 3.05) is 18.0 Å². The summed E-state index contributed by atoms with van der Waals surface area (Å²) in [6, 6.07) is 0. The zero-order valence-electron chi connectivity index (χ0n) is 10.8. The van der Waals surface area contributed by atoms with Gasteiger partial charge < -0.3 is 9.47 Å². The third-order valence-electron chi connectivity index (χ3n) is 3.52. The fourth-order valence-corrected chi connectivity index (χ4v) is 3.30. The number of halogens is 1. The molecule has 3 heterocycles. The molecule has 0 unspecified atom stereocenters. The van der Waals surface area contributed by atoms with E-state index in [-0.39, 0.29) is 0 Å². The lowest BCUT2D eigenvalue weighted by atomic mass is 10.1. The Morgan fingerprint density at radius 3 is 2.61 bits per heavy atom. The summed E-state index contributed by atoms with van der Waals surface area (Å²) in [6.07, 6.45) is 5.91. The van der Waals surface area contributed by atoms with Crippen molar-refractivity contribution in [2.45, 2.75) is 26.2 Å². The summed E-state index contributed by atoms with van der Waals surface area (Å²) in [5.41, 5.74) is 1.01. The molecule has 0 N–H and O–H groups in total. The van der Waals surface area contributed by atoms with E-state index in [1.807, 2.05) is 14.0 Å². The summed E-state index contributed by atoms with van der Waals surface area (Å²) in [5.74, 6) is 1.93. The van der Waals surface area contributed by atoms with Gasteiger partial charge in [0.25, 0.3) is 0 Å². The van der Waals surface area contributed by atoms with Crippen molar-refractivity contribution in [3.8, 4) is 0 Å². The summed E-state index contributed by atoms with van der Waals surface area (Å²) < 4.78 is 3.14. The summed E-state index contributed by atoms with van der Waals surface area (Å²) >= 11 is 3.63. The van der Waals surface area contributed by atoms with Crippen LogP contribution in [0.4, 0.5) is 5.82 Å². The molecule has 3 rings (SSSR count). The minimum atomic E-state index is 0.844. The summed E-state index contributed by atoms with van der Waals surface area (Å²) in [7, 11) is 2.03. The third kappa shape index (κ3) is 1.90. The topological polar surface area (TPSA) is 34.0 Å².